The van der Waals surface area contributed by atoms with Crippen molar-refractivity contribution in [1.82, 2.24) is 0 Å². The molecule has 0 amide bonds. The van der Waals surface area contributed by atoms with Gasteiger partial charge in [0.25, 0.3) is 0 Å². The summed E-state index contributed by atoms with van der Waals surface area (Å²) >= 11 is 9.05. The zero-order chi connectivity index (χ0) is 18.3. The average Bonchev–Trinajstić information content (AvgIpc) is 2.70. The van der Waals surface area contributed by atoms with Crippen molar-refractivity contribution in [3.63, 3.8) is 0 Å². The van der Waals surface area contributed by atoms with Gasteiger partial charge >= 0.3 is 0 Å². The smallest absolute Gasteiger partial charge is 0.110 e. The molecule has 0 nitrogen and oxygen atoms in total. The molecule has 2 fully saturated rings. The second kappa shape index (κ2) is 10.6. The Bertz CT molecular complexity index is 522. The van der Waals surface area contributed by atoms with Crippen molar-refractivity contribution in [1.29, 1.82) is 0 Å². The fraction of sp³-hybridized carbons (Fsp3) is 0.714. The molecule has 0 N–H and O–H groups in total. The molecule has 0 saturated carbocycles. The summed E-state index contributed by atoms with van der Waals surface area (Å²) in [5.74, 6) is 5.52. The lowest BCUT2D eigenvalue weighted by molar-refractivity contribution is 0.634. The first kappa shape index (κ1) is 21.5. The summed E-state index contributed by atoms with van der Waals surface area (Å²) < 4.78 is 1.38. The first-order valence-corrected chi connectivity index (χ1v) is 17.3. The van der Waals surface area contributed by atoms with Crippen LogP contribution in [0.2, 0.25) is 13.1 Å². The summed E-state index contributed by atoms with van der Waals surface area (Å²) in [4.78, 5) is 0. The molecule has 0 spiro atoms. The minimum Gasteiger partial charge on any atom is -0.148 e. The van der Waals surface area contributed by atoms with Crippen LogP contribution in [0.25, 0.3) is 0 Å². The Balaban J connectivity index is 1.55. The molecule has 0 aromatic heterocycles. The largest absolute Gasteiger partial charge is 0.148 e. The van der Waals surface area contributed by atoms with Gasteiger partial charge < -0.3 is 0 Å². The summed E-state index contributed by atoms with van der Waals surface area (Å²) in [6.45, 7) is 5.26. The van der Waals surface area contributed by atoms with Crippen molar-refractivity contribution in [3.05, 3.63) is 30.3 Å². The van der Waals surface area contributed by atoms with E-state index in [0.29, 0.717) is 3.70 Å². The van der Waals surface area contributed by atoms with E-state index in [-0.39, 0.29) is 0 Å². The van der Waals surface area contributed by atoms with E-state index in [4.69, 9.17) is 0 Å². The maximum atomic E-state index is 2.63. The van der Waals surface area contributed by atoms with Gasteiger partial charge in [-0.25, -0.2) is 0 Å². The van der Waals surface area contributed by atoms with Gasteiger partial charge in [0, 0.05) is 0 Å². The lowest BCUT2D eigenvalue weighted by atomic mass is 10.2. The molecule has 0 radical (unpaired) electrons. The lowest BCUT2D eigenvalue weighted by Crippen LogP contribution is -2.59. The van der Waals surface area contributed by atoms with Crippen molar-refractivity contribution < 1.29 is 0 Å². The predicted molar refractivity (Wildman–Crippen MR) is 132 cm³/mol. The Kier molecular flexibility index (Phi) is 8.76. The summed E-state index contributed by atoms with van der Waals surface area (Å²) in [6, 6.07) is 11.5. The van der Waals surface area contributed by atoms with Gasteiger partial charge in [0.1, 0.15) is 8.07 Å². The van der Waals surface area contributed by atoms with Crippen LogP contribution in [0.4, 0.5) is 0 Å². The number of unbranched alkanes of at least 4 members (excludes halogenated alkanes) is 2. The molecule has 26 heavy (non-hydrogen) atoms. The molecule has 1 aromatic carbocycles. The second-order valence-corrected chi connectivity index (χ2v) is 19.3. The van der Waals surface area contributed by atoms with E-state index in [1.54, 1.807) is 5.19 Å². The molecule has 0 aliphatic carbocycles. The highest BCUT2D eigenvalue weighted by Gasteiger charge is 2.49. The highest BCUT2D eigenvalue weighted by Crippen LogP contribution is 2.51. The van der Waals surface area contributed by atoms with E-state index in [1.807, 2.05) is 0 Å². The van der Waals surface area contributed by atoms with Gasteiger partial charge in [0.15, 0.2) is 0 Å². The molecule has 1 aromatic rings. The topological polar surface area (TPSA) is 0 Å². The molecular formula is C21H34S4Si. The van der Waals surface area contributed by atoms with E-state index in [0.717, 1.165) is 4.58 Å². The first-order chi connectivity index (χ1) is 12.6. The molecule has 0 unspecified atom stereocenters. The van der Waals surface area contributed by atoms with Crippen LogP contribution in [0.1, 0.15) is 44.9 Å². The third kappa shape index (κ3) is 5.46. The highest BCUT2D eigenvalue weighted by atomic mass is 32.2. The number of thioether (sulfide) groups is 4. The van der Waals surface area contributed by atoms with Crippen molar-refractivity contribution in [3.8, 4) is 0 Å². The highest BCUT2D eigenvalue weighted by molar-refractivity contribution is 8.21. The van der Waals surface area contributed by atoms with E-state index in [1.165, 1.54) is 68.0 Å². The van der Waals surface area contributed by atoms with E-state index in [2.05, 4.69) is 90.5 Å². The van der Waals surface area contributed by atoms with E-state index in [9.17, 15) is 0 Å². The third-order valence-corrected chi connectivity index (χ3v) is 19.7. The number of hydrogen-bond acceptors (Lipinski definition) is 4. The number of rotatable bonds is 8. The lowest BCUT2D eigenvalue weighted by Gasteiger charge is -2.47. The van der Waals surface area contributed by atoms with Crippen LogP contribution in [0.15, 0.2) is 30.3 Å². The Hall–Kier alpha value is 0.837. The molecule has 2 saturated heterocycles. The summed E-state index contributed by atoms with van der Waals surface area (Å²) in [5, 5.41) is 1.65. The number of hydrogen-bond donors (Lipinski definition) is 0. The summed E-state index contributed by atoms with van der Waals surface area (Å²) in [5.41, 5.74) is 0. The van der Waals surface area contributed by atoms with Gasteiger partial charge in [-0.2, -0.15) is 0 Å². The van der Waals surface area contributed by atoms with Crippen LogP contribution in [-0.2, 0) is 0 Å². The van der Waals surface area contributed by atoms with Crippen molar-refractivity contribution in [2.24, 2.45) is 0 Å². The Morgan fingerprint density at radius 3 is 2.23 bits per heavy atom. The molecule has 2 aliphatic rings. The summed E-state index contributed by atoms with van der Waals surface area (Å²) in [6.07, 6.45) is 9.95. The van der Waals surface area contributed by atoms with Gasteiger partial charge in [-0.15, -0.1) is 47.0 Å². The fourth-order valence-electron chi connectivity index (χ4n) is 4.02. The molecule has 0 bridgehead atoms. The zero-order valence-corrected chi connectivity index (χ0v) is 20.6. The molecule has 2 aliphatic heterocycles. The van der Waals surface area contributed by atoms with Crippen LogP contribution in [0, 0.1) is 0 Å². The standard InChI is InChI=1S/C21H34S4Si/c1-26(2,19-11-5-3-6-12-19)21(24-17-10-18-25-21)14-8-4-7-13-20-22-15-9-16-23-20/h3,5-6,11-12,20H,4,7-10,13-18H2,1-2H3. The van der Waals surface area contributed by atoms with Gasteiger partial charge in [0.05, 0.1) is 8.28 Å². The van der Waals surface area contributed by atoms with Gasteiger partial charge in [0.2, 0.25) is 0 Å². The molecule has 2 heterocycles. The van der Waals surface area contributed by atoms with E-state index < -0.39 is 8.07 Å². The minimum atomic E-state index is -1.50. The van der Waals surface area contributed by atoms with Crippen molar-refractivity contribution in [2.75, 3.05) is 23.0 Å². The Labute approximate surface area is 179 Å². The zero-order valence-electron chi connectivity index (χ0n) is 16.4. The normalized spacial score (nSPS) is 21.6. The van der Waals surface area contributed by atoms with Crippen molar-refractivity contribution >= 4 is 60.3 Å². The van der Waals surface area contributed by atoms with Gasteiger partial charge in [-0.05, 0) is 48.7 Å². The maximum absolute atomic E-state index is 2.63. The molecule has 3 rings (SSSR count). The molecule has 146 valence electrons. The second-order valence-electron chi connectivity index (χ2n) is 7.92. The average molecular weight is 443 g/mol. The number of benzene rings is 1. The monoisotopic (exact) mass is 442 g/mol. The third-order valence-electron chi connectivity index (χ3n) is 5.75. The maximum Gasteiger partial charge on any atom is 0.110 e. The quantitative estimate of drug-likeness (QED) is 0.318. The molecule has 5 heteroatoms. The Morgan fingerprint density at radius 1 is 0.885 bits per heavy atom. The van der Waals surface area contributed by atoms with Crippen LogP contribution in [0.5, 0.6) is 0 Å². The fourth-order valence-corrected chi connectivity index (χ4v) is 16.3. The SMILES string of the molecule is C[Si](C)(c1ccccc1)C1(CCCCCC2SCCCS2)SCCCS1. The van der Waals surface area contributed by atoms with Gasteiger partial charge in [-0.1, -0.05) is 67.9 Å². The van der Waals surface area contributed by atoms with Crippen molar-refractivity contribution in [2.45, 2.75) is 66.3 Å². The van der Waals surface area contributed by atoms with Crippen LogP contribution in [-0.4, -0.2) is 39.4 Å². The van der Waals surface area contributed by atoms with E-state index >= 15 is 0 Å². The molecule has 0 atom stereocenters. The first-order valence-electron chi connectivity index (χ1n) is 10.2. The predicted octanol–water partition coefficient (Wildman–Crippen LogP) is 6.85. The molecular weight excluding hydrogens is 409 g/mol. The van der Waals surface area contributed by atoms with Gasteiger partial charge in [-0.3, -0.25) is 0 Å². The Morgan fingerprint density at radius 2 is 1.54 bits per heavy atom. The summed E-state index contributed by atoms with van der Waals surface area (Å²) in [7, 11) is -1.50. The van der Waals surface area contributed by atoms with Crippen LogP contribution >= 0.6 is 47.0 Å². The minimum absolute atomic E-state index is 0.487. The van der Waals surface area contributed by atoms with Crippen LogP contribution in [0.3, 0.4) is 0 Å². The van der Waals surface area contributed by atoms with Crippen LogP contribution < -0.4 is 5.19 Å².